The molecule has 0 saturated carbocycles. The van der Waals surface area contributed by atoms with Gasteiger partial charge in [-0.15, -0.1) is 0 Å². The summed E-state index contributed by atoms with van der Waals surface area (Å²) in [5, 5.41) is 13.6. The Balaban J connectivity index is 1.78. The normalized spacial score (nSPS) is 17.3. The molecule has 0 radical (unpaired) electrons. The monoisotopic (exact) mass is 355 g/mol. The first-order chi connectivity index (χ1) is 12.5. The second-order valence-electron chi connectivity index (χ2n) is 6.73. The highest BCUT2D eigenvalue weighted by atomic mass is 16.2. The minimum absolute atomic E-state index is 0.0277. The summed E-state index contributed by atoms with van der Waals surface area (Å²) in [5.41, 5.74) is 0.993. The van der Waals surface area contributed by atoms with Crippen molar-refractivity contribution in [3.05, 3.63) is 48.3 Å². The lowest BCUT2D eigenvalue weighted by Gasteiger charge is -2.37. The second kappa shape index (κ2) is 7.70. The molecule has 3 N–H and O–H groups in total. The molecule has 0 bridgehead atoms. The fraction of sp³-hybridized carbons (Fsp3) is 0.421. The van der Waals surface area contributed by atoms with E-state index >= 15 is 0 Å². The van der Waals surface area contributed by atoms with Gasteiger partial charge in [-0.25, -0.2) is 0 Å². The van der Waals surface area contributed by atoms with Crippen LogP contribution in [-0.2, 0) is 15.1 Å². The van der Waals surface area contributed by atoms with E-state index in [1.807, 2.05) is 43.5 Å². The van der Waals surface area contributed by atoms with Crippen LogP contribution in [-0.4, -0.2) is 34.7 Å². The number of carbonyl (C=O) groups excluding carboxylic acids is 2. The van der Waals surface area contributed by atoms with Crippen molar-refractivity contribution in [2.24, 2.45) is 0 Å². The van der Waals surface area contributed by atoms with Gasteiger partial charge in [0, 0.05) is 25.0 Å². The molecule has 1 aromatic heterocycles. The summed E-state index contributed by atoms with van der Waals surface area (Å²) >= 11 is 0. The molecule has 2 aromatic rings. The van der Waals surface area contributed by atoms with Gasteiger partial charge in [0.1, 0.15) is 5.54 Å². The Labute approximate surface area is 153 Å². The van der Waals surface area contributed by atoms with Gasteiger partial charge in [-0.2, -0.15) is 5.10 Å². The zero-order valence-corrected chi connectivity index (χ0v) is 15.2. The lowest BCUT2D eigenvalue weighted by atomic mass is 9.87. The number of anilines is 1. The number of carbonyl (C=O) groups is 2. The van der Waals surface area contributed by atoms with Crippen molar-refractivity contribution in [2.75, 3.05) is 18.4 Å². The van der Waals surface area contributed by atoms with Gasteiger partial charge in [0.15, 0.2) is 0 Å². The Morgan fingerprint density at radius 1 is 1.27 bits per heavy atom. The van der Waals surface area contributed by atoms with Crippen LogP contribution in [0, 0.1) is 0 Å². The predicted octanol–water partition coefficient (Wildman–Crippen LogP) is 1.80. The molecular weight excluding hydrogens is 330 g/mol. The molecule has 1 atom stereocenters. The number of nitrogens with one attached hydrogen (secondary N) is 3. The van der Waals surface area contributed by atoms with Crippen LogP contribution < -0.4 is 16.0 Å². The molecule has 2 heterocycles. The van der Waals surface area contributed by atoms with Gasteiger partial charge in [0.25, 0.3) is 0 Å². The van der Waals surface area contributed by atoms with Gasteiger partial charge in [0.2, 0.25) is 11.8 Å². The molecular formula is C19H25N5O2. The smallest absolute Gasteiger partial charge is 0.248 e. The van der Waals surface area contributed by atoms with E-state index in [1.54, 1.807) is 10.9 Å². The van der Waals surface area contributed by atoms with Crippen molar-refractivity contribution in [3.8, 4) is 0 Å². The Morgan fingerprint density at radius 3 is 2.69 bits per heavy atom. The quantitative estimate of drug-likeness (QED) is 0.763. The van der Waals surface area contributed by atoms with E-state index in [4.69, 9.17) is 0 Å². The molecule has 1 saturated heterocycles. The minimum Gasteiger partial charge on any atom is -0.347 e. The Bertz CT molecular complexity index is 766. The summed E-state index contributed by atoms with van der Waals surface area (Å²) in [6.45, 7) is 4.98. The maximum absolute atomic E-state index is 13.2. The molecule has 1 aromatic carbocycles. The number of hydrogen-bond acceptors (Lipinski definition) is 4. The van der Waals surface area contributed by atoms with E-state index in [2.05, 4.69) is 21.0 Å². The number of benzene rings is 1. The van der Waals surface area contributed by atoms with E-state index in [0.717, 1.165) is 24.3 Å². The van der Waals surface area contributed by atoms with Crippen LogP contribution in [0.1, 0.15) is 38.3 Å². The van der Waals surface area contributed by atoms with Crippen LogP contribution in [0.3, 0.4) is 0 Å². The van der Waals surface area contributed by atoms with Crippen molar-refractivity contribution in [3.63, 3.8) is 0 Å². The van der Waals surface area contributed by atoms with Crippen LogP contribution in [0.2, 0.25) is 0 Å². The maximum Gasteiger partial charge on any atom is 0.248 e. The standard InChI is InChI=1S/C19H25N5O2/c1-14(16-5-3-6-17(13-16)23-15(2)25)22-18(26)19(7-10-20-11-8-19)24-12-4-9-21-24/h3-6,9,12-14,20H,7-8,10-11H2,1-2H3,(H,22,26)(H,23,25). The SMILES string of the molecule is CC(=O)Nc1cccc(C(C)NC(=O)C2(n3cccn3)CCNCC2)c1. The van der Waals surface area contributed by atoms with E-state index < -0.39 is 5.54 Å². The lowest BCUT2D eigenvalue weighted by Crippen LogP contribution is -2.55. The highest BCUT2D eigenvalue weighted by Crippen LogP contribution is 2.28. The zero-order valence-electron chi connectivity index (χ0n) is 15.2. The van der Waals surface area contributed by atoms with Crippen LogP contribution >= 0.6 is 0 Å². The lowest BCUT2D eigenvalue weighted by molar-refractivity contribution is -0.132. The van der Waals surface area contributed by atoms with Gasteiger partial charge in [0.05, 0.1) is 6.04 Å². The molecule has 3 rings (SSSR count). The summed E-state index contributed by atoms with van der Waals surface area (Å²) < 4.78 is 1.78. The van der Waals surface area contributed by atoms with Crippen LogP contribution in [0.4, 0.5) is 5.69 Å². The molecule has 7 heteroatoms. The van der Waals surface area contributed by atoms with Crippen molar-refractivity contribution in [1.29, 1.82) is 0 Å². The average Bonchev–Trinajstić information content (AvgIpc) is 3.17. The van der Waals surface area contributed by atoms with Crippen molar-refractivity contribution >= 4 is 17.5 Å². The van der Waals surface area contributed by atoms with Crippen LogP contribution in [0.5, 0.6) is 0 Å². The maximum atomic E-state index is 13.2. The van der Waals surface area contributed by atoms with Crippen LogP contribution in [0.25, 0.3) is 0 Å². The summed E-state index contributed by atoms with van der Waals surface area (Å²) in [6, 6.07) is 9.19. The highest BCUT2D eigenvalue weighted by Gasteiger charge is 2.42. The van der Waals surface area contributed by atoms with Gasteiger partial charge >= 0.3 is 0 Å². The van der Waals surface area contributed by atoms with Gasteiger partial charge < -0.3 is 16.0 Å². The van der Waals surface area contributed by atoms with Crippen molar-refractivity contribution in [1.82, 2.24) is 20.4 Å². The molecule has 138 valence electrons. The van der Waals surface area contributed by atoms with Crippen molar-refractivity contribution < 1.29 is 9.59 Å². The molecule has 2 amide bonds. The zero-order chi connectivity index (χ0) is 18.6. The van der Waals surface area contributed by atoms with Gasteiger partial charge in [-0.3, -0.25) is 14.3 Å². The number of hydrogen-bond donors (Lipinski definition) is 3. The first-order valence-electron chi connectivity index (χ1n) is 8.91. The highest BCUT2D eigenvalue weighted by molar-refractivity contribution is 5.88. The molecule has 1 unspecified atom stereocenters. The molecule has 7 nitrogen and oxygen atoms in total. The first-order valence-corrected chi connectivity index (χ1v) is 8.91. The Morgan fingerprint density at radius 2 is 2.04 bits per heavy atom. The molecule has 1 aliphatic rings. The van der Waals surface area contributed by atoms with Gasteiger partial charge in [-0.1, -0.05) is 12.1 Å². The molecule has 26 heavy (non-hydrogen) atoms. The Kier molecular flexibility index (Phi) is 5.37. The fourth-order valence-electron chi connectivity index (χ4n) is 3.43. The predicted molar refractivity (Wildman–Crippen MR) is 99.6 cm³/mol. The van der Waals surface area contributed by atoms with E-state index in [9.17, 15) is 9.59 Å². The van der Waals surface area contributed by atoms with E-state index in [1.165, 1.54) is 6.92 Å². The van der Waals surface area contributed by atoms with E-state index in [-0.39, 0.29) is 17.9 Å². The van der Waals surface area contributed by atoms with E-state index in [0.29, 0.717) is 12.8 Å². The number of nitrogens with zero attached hydrogens (tertiary/aromatic N) is 2. The summed E-state index contributed by atoms with van der Waals surface area (Å²) in [7, 11) is 0. The molecule has 0 spiro atoms. The number of amides is 2. The number of rotatable bonds is 5. The number of piperidine rings is 1. The summed E-state index contributed by atoms with van der Waals surface area (Å²) in [4.78, 5) is 24.5. The first kappa shape index (κ1) is 18.1. The summed E-state index contributed by atoms with van der Waals surface area (Å²) in [5.74, 6) is -0.147. The topological polar surface area (TPSA) is 88.1 Å². The summed E-state index contributed by atoms with van der Waals surface area (Å²) in [6.07, 6.45) is 4.95. The fourth-order valence-corrected chi connectivity index (χ4v) is 3.43. The minimum atomic E-state index is -0.668. The molecule has 1 fully saturated rings. The third kappa shape index (κ3) is 3.77. The average molecular weight is 355 g/mol. The van der Waals surface area contributed by atoms with Crippen molar-refractivity contribution in [2.45, 2.75) is 38.3 Å². The van der Waals surface area contributed by atoms with Crippen LogP contribution in [0.15, 0.2) is 42.7 Å². The second-order valence-corrected chi connectivity index (χ2v) is 6.73. The number of aromatic nitrogens is 2. The Hall–Kier alpha value is -2.67. The molecule has 1 aliphatic heterocycles. The molecule has 0 aliphatic carbocycles. The largest absolute Gasteiger partial charge is 0.347 e. The third-order valence-corrected chi connectivity index (χ3v) is 4.85. The van der Waals surface area contributed by atoms with Gasteiger partial charge in [-0.05, 0) is 56.6 Å². The third-order valence-electron chi connectivity index (χ3n) is 4.85.